The molecule has 1 aromatic carbocycles. The molecule has 0 aliphatic carbocycles. The van der Waals surface area contributed by atoms with E-state index in [2.05, 4.69) is 0 Å². The Bertz CT molecular complexity index is 584. The Morgan fingerprint density at radius 2 is 1.90 bits per heavy atom. The van der Waals surface area contributed by atoms with Crippen molar-refractivity contribution in [2.45, 2.75) is 18.1 Å². The smallest absolute Gasteiger partial charge is 0.216 e. The SMILES string of the molecule is CN(C)S(=O)(=O)[C@H]1CCOC[C@@H]1Cc1c(Cl)cccc1Cl. The number of hydrogen-bond acceptors (Lipinski definition) is 3. The molecule has 7 heteroatoms. The largest absolute Gasteiger partial charge is 0.381 e. The minimum Gasteiger partial charge on any atom is -0.381 e. The third-order valence-corrected chi connectivity index (χ3v) is 6.94. The van der Waals surface area contributed by atoms with Crippen molar-refractivity contribution in [1.29, 1.82) is 0 Å². The van der Waals surface area contributed by atoms with Crippen molar-refractivity contribution in [3.8, 4) is 0 Å². The number of sulfonamides is 1. The van der Waals surface area contributed by atoms with Crippen LogP contribution < -0.4 is 0 Å². The summed E-state index contributed by atoms with van der Waals surface area (Å²) < 4.78 is 31.7. The van der Waals surface area contributed by atoms with Crippen LogP contribution in [0.4, 0.5) is 0 Å². The Balaban J connectivity index is 2.28. The van der Waals surface area contributed by atoms with Crippen LogP contribution in [0.3, 0.4) is 0 Å². The molecule has 2 rings (SSSR count). The standard InChI is InChI=1S/C14H19Cl2NO3S/c1-17(2)21(18,19)14-6-7-20-9-10(14)8-11-12(15)4-3-5-13(11)16/h3-5,10,14H,6-9H2,1-2H3/t10-,14-/m0/s1. The van der Waals surface area contributed by atoms with E-state index in [0.29, 0.717) is 36.1 Å². The molecule has 4 nitrogen and oxygen atoms in total. The van der Waals surface area contributed by atoms with Gasteiger partial charge < -0.3 is 4.74 Å². The summed E-state index contributed by atoms with van der Waals surface area (Å²) in [5.41, 5.74) is 0.787. The molecular weight excluding hydrogens is 333 g/mol. The second kappa shape index (κ2) is 6.84. The van der Waals surface area contributed by atoms with Crippen LogP contribution in [0.1, 0.15) is 12.0 Å². The van der Waals surface area contributed by atoms with Gasteiger partial charge in [0.05, 0.1) is 11.9 Å². The van der Waals surface area contributed by atoms with Crippen LogP contribution in [-0.2, 0) is 21.2 Å². The molecule has 1 heterocycles. The molecule has 0 bridgehead atoms. The normalized spacial score (nSPS) is 23.5. The predicted octanol–water partition coefficient (Wildman–Crippen LogP) is 2.83. The summed E-state index contributed by atoms with van der Waals surface area (Å²) in [6, 6.07) is 5.31. The van der Waals surface area contributed by atoms with Gasteiger partial charge in [0.15, 0.2) is 0 Å². The van der Waals surface area contributed by atoms with Gasteiger partial charge >= 0.3 is 0 Å². The van der Waals surface area contributed by atoms with Crippen LogP contribution in [0.5, 0.6) is 0 Å². The van der Waals surface area contributed by atoms with E-state index in [1.54, 1.807) is 32.3 Å². The first-order valence-corrected chi connectivity index (χ1v) is 9.02. The summed E-state index contributed by atoms with van der Waals surface area (Å²) >= 11 is 12.4. The average Bonchev–Trinajstić information content (AvgIpc) is 2.43. The van der Waals surface area contributed by atoms with Gasteiger partial charge in [0.25, 0.3) is 0 Å². The molecule has 21 heavy (non-hydrogen) atoms. The Morgan fingerprint density at radius 1 is 1.29 bits per heavy atom. The van der Waals surface area contributed by atoms with Crippen molar-refractivity contribution in [2.24, 2.45) is 5.92 Å². The Kier molecular flexibility index (Phi) is 5.54. The highest BCUT2D eigenvalue weighted by Gasteiger charge is 2.37. The molecular formula is C14H19Cl2NO3S. The monoisotopic (exact) mass is 351 g/mol. The lowest BCUT2D eigenvalue weighted by molar-refractivity contribution is 0.0564. The third-order valence-electron chi connectivity index (χ3n) is 3.82. The molecule has 0 saturated carbocycles. The molecule has 1 saturated heterocycles. The molecule has 2 atom stereocenters. The first-order chi connectivity index (χ1) is 9.84. The van der Waals surface area contributed by atoms with Crippen LogP contribution >= 0.6 is 23.2 Å². The molecule has 0 spiro atoms. The Morgan fingerprint density at radius 3 is 2.48 bits per heavy atom. The van der Waals surface area contributed by atoms with Gasteiger partial charge in [-0.15, -0.1) is 0 Å². The van der Waals surface area contributed by atoms with E-state index in [-0.39, 0.29) is 5.92 Å². The predicted molar refractivity (Wildman–Crippen MR) is 85.5 cm³/mol. The Labute approximate surface area is 136 Å². The van der Waals surface area contributed by atoms with Crippen molar-refractivity contribution in [3.05, 3.63) is 33.8 Å². The molecule has 0 amide bonds. The summed E-state index contributed by atoms with van der Waals surface area (Å²) in [6.07, 6.45) is 0.990. The maximum Gasteiger partial charge on any atom is 0.216 e. The first kappa shape index (κ1) is 17.0. The van der Waals surface area contributed by atoms with Gasteiger partial charge in [-0.05, 0) is 30.5 Å². The van der Waals surface area contributed by atoms with Crippen LogP contribution in [0, 0.1) is 5.92 Å². The number of ether oxygens (including phenoxy) is 1. The van der Waals surface area contributed by atoms with Gasteiger partial charge in [0, 0.05) is 36.7 Å². The van der Waals surface area contributed by atoms with Crippen molar-refractivity contribution >= 4 is 33.2 Å². The van der Waals surface area contributed by atoms with Gasteiger partial charge in [0.1, 0.15) is 0 Å². The summed E-state index contributed by atoms with van der Waals surface area (Å²) in [6.45, 7) is 0.865. The maximum absolute atomic E-state index is 12.5. The number of rotatable bonds is 4. The highest BCUT2D eigenvalue weighted by Crippen LogP contribution is 2.32. The highest BCUT2D eigenvalue weighted by molar-refractivity contribution is 7.89. The molecule has 1 fully saturated rings. The zero-order chi connectivity index (χ0) is 15.6. The minimum absolute atomic E-state index is 0.149. The van der Waals surface area contributed by atoms with Crippen LogP contribution in [-0.4, -0.2) is 45.3 Å². The summed E-state index contributed by atoms with van der Waals surface area (Å²) in [7, 11) is -0.208. The molecule has 1 aromatic rings. The fourth-order valence-corrected chi connectivity index (χ4v) is 4.77. The van der Waals surface area contributed by atoms with E-state index in [9.17, 15) is 8.42 Å². The van der Waals surface area contributed by atoms with E-state index >= 15 is 0 Å². The Hall–Kier alpha value is -0.330. The molecule has 0 radical (unpaired) electrons. The lowest BCUT2D eigenvalue weighted by Crippen LogP contribution is -2.44. The van der Waals surface area contributed by atoms with Gasteiger partial charge in [0.2, 0.25) is 10.0 Å². The first-order valence-electron chi connectivity index (χ1n) is 6.76. The van der Waals surface area contributed by atoms with Gasteiger partial charge in [-0.1, -0.05) is 29.3 Å². The molecule has 0 unspecified atom stereocenters. The van der Waals surface area contributed by atoms with Crippen LogP contribution in [0.25, 0.3) is 0 Å². The number of benzene rings is 1. The topological polar surface area (TPSA) is 46.6 Å². The van der Waals surface area contributed by atoms with Gasteiger partial charge in [-0.3, -0.25) is 0 Å². The van der Waals surface area contributed by atoms with E-state index in [1.807, 2.05) is 0 Å². The van der Waals surface area contributed by atoms with Crippen LogP contribution in [0.15, 0.2) is 18.2 Å². The van der Waals surface area contributed by atoms with E-state index < -0.39 is 15.3 Å². The lowest BCUT2D eigenvalue weighted by atomic mass is 9.93. The summed E-state index contributed by atoms with van der Waals surface area (Å²) in [5, 5.41) is 0.664. The van der Waals surface area contributed by atoms with Gasteiger partial charge in [-0.25, -0.2) is 12.7 Å². The van der Waals surface area contributed by atoms with E-state index in [4.69, 9.17) is 27.9 Å². The molecule has 0 N–H and O–H groups in total. The maximum atomic E-state index is 12.5. The fraction of sp³-hybridized carbons (Fsp3) is 0.571. The minimum atomic E-state index is -3.33. The summed E-state index contributed by atoms with van der Waals surface area (Å²) in [4.78, 5) is 0. The summed E-state index contributed by atoms with van der Waals surface area (Å²) in [5.74, 6) is -0.149. The average molecular weight is 352 g/mol. The molecule has 0 aromatic heterocycles. The second-order valence-electron chi connectivity index (χ2n) is 5.39. The third kappa shape index (κ3) is 3.71. The molecule has 1 aliphatic heterocycles. The number of hydrogen-bond donors (Lipinski definition) is 0. The number of nitrogens with zero attached hydrogens (tertiary/aromatic N) is 1. The highest BCUT2D eigenvalue weighted by atomic mass is 35.5. The van der Waals surface area contributed by atoms with Crippen molar-refractivity contribution in [1.82, 2.24) is 4.31 Å². The fourth-order valence-electron chi connectivity index (χ4n) is 2.62. The van der Waals surface area contributed by atoms with Crippen molar-refractivity contribution < 1.29 is 13.2 Å². The van der Waals surface area contributed by atoms with Crippen molar-refractivity contribution in [2.75, 3.05) is 27.3 Å². The van der Waals surface area contributed by atoms with E-state index in [0.717, 1.165) is 5.56 Å². The molecule has 1 aliphatic rings. The van der Waals surface area contributed by atoms with E-state index in [1.165, 1.54) is 4.31 Å². The molecule has 118 valence electrons. The lowest BCUT2D eigenvalue weighted by Gasteiger charge is -2.33. The zero-order valence-electron chi connectivity index (χ0n) is 12.1. The number of halogens is 2. The zero-order valence-corrected chi connectivity index (χ0v) is 14.4. The quantitative estimate of drug-likeness (QED) is 0.837. The van der Waals surface area contributed by atoms with Gasteiger partial charge in [-0.2, -0.15) is 0 Å². The van der Waals surface area contributed by atoms with Crippen molar-refractivity contribution in [3.63, 3.8) is 0 Å². The second-order valence-corrected chi connectivity index (χ2v) is 8.57. The van der Waals surface area contributed by atoms with Crippen LogP contribution in [0.2, 0.25) is 10.0 Å².